The smallest absolute Gasteiger partial charge is 0.135 e. The van der Waals surface area contributed by atoms with Gasteiger partial charge in [-0.3, -0.25) is 0 Å². The van der Waals surface area contributed by atoms with E-state index in [1.807, 2.05) is 30.3 Å². The van der Waals surface area contributed by atoms with Crippen LogP contribution in [0.1, 0.15) is 18.4 Å². The Hall–Kier alpha value is -2.14. The van der Waals surface area contributed by atoms with Gasteiger partial charge < -0.3 is 16.4 Å². The summed E-state index contributed by atoms with van der Waals surface area (Å²) < 4.78 is 0. The molecule has 19 heavy (non-hydrogen) atoms. The normalized spacial score (nSPS) is 14.2. The monoisotopic (exact) mass is 255 g/mol. The number of rotatable bonds is 5. The summed E-state index contributed by atoms with van der Waals surface area (Å²) >= 11 is 0. The second kappa shape index (κ2) is 5.24. The molecular formula is C14H17N5. The third-order valence-electron chi connectivity index (χ3n) is 3.03. The molecule has 1 saturated carbocycles. The van der Waals surface area contributed by atoms with E-state index in [0.717, 1.165) is 22.9 Å². The first-order valence-corrected chi connectivity index (χ1v) is 6.48. The van der Waals surface area contributed by atoms with Crippen molar-refractivity contribution in [2.24, 2.45) is 5.73 Å². The molecule has 0 amide bonds. The summed E-state index contributed by atoms with van der Waals surface area (Å²) in [5, 5.41) is 6.62. The molecule has 0 unspecified atom stereocenters. The lowest BCUT2D eigenvalue weighted by molar-refractivity contribution is 1.07. The summed E-state index contributed by atoms with van der Waals surface area (Å²) in [5.41, 5.74) is 7.71. The molecule has 98 valence electrons. The Morgan fingerprint density at radius 1 is 1.16 bits per heavy atom. The van der Waals surface area contributed by atoms with Crippen molar-refractivity contribution in [3.05, 3.63) is 42.2 Å². The van der Waals surface area contributed by atoms with Crippen LogP contribution >= 0.6 is 0 Å². The topological polar surface area (TPSA) is 75.9 Å². The van der Waals surface area contributed by atoms with Crippen molar-refractivity contribution in [1.29, 1.82) is 0 Å². The molecule has 2 aromatic rings. The predicted octanol–water partition coefficient (Wildman–Crippen LogP) is 2.25. The lowest BCUT2D eigenvalue weighted by Gasteiger charge is -2.08. The molecule has 4 N–H and O–H groups in total. The first-order chi connectivity index (χ1) is 9.33. The third kappa shape index (κ3) is 3.20. The Bertz CT molecular complexity index is 565. The van der Waals surface area contributed by atoms with Gasteiger partial charge in [-0.2, -0.15) is 0 Å². The van der Waals surface area contributed by atoms with E-state index in [-0.39, 0.29) is 0 Å². The highest BCUT2D eigenvalue weighted by atomic mass is 15.1. The van der Waals surface area contributed by atoms with E-state index >= 15 is 0 Å². The van der Waals surface area contributed by atoms with Crippen LogP contribution in [0.15, 0.2) is 36.7 Å². The lowest BCUT2D eigenvalue weighted by atomic mass is 10.2. The molecule has 1 heterocycles. The summed E-state index contributed by atoms with van der Waals surface area (Å²) in [4.78, 5) is 8.44. The van der Waals surface area contributed by atoms with E-state index in [2.05, 4.69) is 20.6 Å². The minimum Gasteiger partial charge on any atom is -0.367 e. The summed E-state index contributed by atoms with van der Waals surface area (Å²) in [6.07, 6.45) is 4.02. The molecule has 0 saturated heterocycles. The van der Waals surface area contributed by atoms with Gasteiger partial charge in [0.15, 0.2) is 0 Å². The Balaban J connectivity index is 1.74. The van der Waals surface area contributed by atoms with Crippen molar-refractivity contribution in [3.63, 3.8) is 0 Å². The zero-order chi connectivity index (χ0) is 13.1. The highest BCUT2D eigenvalue weighted by molar-refractivity contribution is 5.59. The van der Waals surface area contributed by atoms with Crippen molar-refractivity contribution in [3.8, 4) is 0 Å². The van der Waals surface area contributed by atoms with E-state index in [1.165, 1.54) is 12.8 Å². The van der Waals surface area contributed by atoms with Gasteiger partial charge in [-0.1, -0.05) is 12.1 Å². The number of benzene rings is 1. The van der Waals surface area contributed by atoms with Gasteiger partial charge in [0.25, 0.3) is 0 Å². The van der Waals surface area contributed by atoms with Gasteiger partial charge >= 0.3 is 0 Å². The van der Waals surface area contributed by atoms with Crippen molar-refractivity contribution in [1.82, 2.24) is 9.97 Å². The van der Waals surface area contributed by atoms with Gasteiger partial charge in [-0.05, 0) is 30.5 Å². The van der Waals surface area contributed by atoms with Crippen LogP contribution in [-0.2, 0) is 6.54 Å². The molecule has 0 spiro atoms. The number of anilines is 3. The molecule has 1 aliphatic carbocycles. The maximum atomic E-state index is 5.63. The molecule has 0 aliphatic heterocycles. The Morgan fingerprint density at radius 3 is 2.79 bits per heavy atom. The van der Waals surface area contributed by atoms with Crippen LogP contribution in [0.4, 0.5) is 17.3 Å². The molecular weight excluding hydrogens is 238 g/mol. The van der Waals surface area contributed by atoms with E-state index in [0.29, 0.717) is 12.6 Å². The first-order valence-electron chi connectivity index (χ1n) is 6.48. The SMILES string of the molecule is NCc1cccc(Nc2cc(NC3CC3)ncn2)c1. The van der Waals surface area contributed by atoms with Crippen LogP contribution in [0.2, 0.25) is 0 Å². The van der Waals surface area contributed by atoms with Gasteiger partial charge in [-0.25, -0.2) is 9.97 Å². The summed E-state index contributed by atoms with van der Waals surface area (Å²) in [6.45, 7) is 0.535. The molecule has 5 heteroatoms. The zero-order valence-electron chi connectivity index (χ0n) is 10.6. The van der Waals surface area contributed by atoms with Crippen LogP contribution < -0.4 is 16.4 Å². The number of hydrogen-bond donors (Lipinski definition) is 3. The van der Waals surface area contributed by atoms with Gasteiger partial charge in [0, 0.05) is 24.3 Å². The van der Waals surface area contributed by atoms with Gasteiger partial charge in [0.05, 0.1) is 0 Å². The number of aromatic nitrogens is 2. The predicted molar refractivity (Wildman–Crippen MR) is 76.3 cm³/mol. The maximum absolute atomic E-state index is 5.63. The van der Waals surface area contributed by atoms with Crippen LogP contribution in [0.5, 0.6) is 0 Å². The van der Waals surface area contributed by atoms with E-state index < -0.39 is 0 Å². The highest BCUT2D eigenvalue weighted by Crippen LogP contribution is 2.24. The summed E-state index contributed by atoms with van der Waals surface area (Å²) in [5.74, 6) is 1.65. The molecule has 1 aromatic heterocycles. The maximum Gasteiger partial charge on any atom is 0.135 e. The van der Waals surface area contributed by atoms with Crippen molar-refractivity contribution in [2.75, 3.05) is 10.6 Å². The van der Waals surface area contributed by atoms with E-state index in [9.17, 15) is 0 Å². The largest absolute Gasteiger partial charge is 0.367 e. The average molecular weight is 255 g/mol. The fourth-order valence-electron chi connectivity index (χ4n) is 1.87. The zero-order valence-corrected chi connectivity index (χ0v) is 10.6. The third-order valence-corrected chi connectivity index (χ3v) is 3.03. The lowest BCUT2D eigenvalue weighted by Crippen LogP contribution is -2.04. The number of nitrogens with two attached hydrogens (primary N) is 1. The molecule has 5 nitrogen and oxygen atoms in total. The second-order valence-electron chi connectivity index (χ2n) is 4.74. The number of nitrogens with zero attached hydrogens (tertiary/aromatic N) is 2. The molecule has 1 aliphatic rings. The van der Waals surface area contributed by atoms with Gasteiger partial charge in [0.1, 0.15) is 18.0 Å². The summed E-state index contributed by atoms with van der Waals surface area (Å²) in [7, 11) is 0. The standard InChI is InChI=1S/C14H17N5/c15-8-10-2-1-3-12(6-10)19-14-7-13(16-9-17-14)18-11-4-5-11/h1-3,6-7,9,11H,4-5,8,15H2,(H2,16,17,18,19). The fourth-order valence-corrected chi connectivity index (χ4v) is 1.87. The Morgan fingerprint density at radius 2 is 2.00 bits per heavy atom. The number of nitrogens with one attached hydrogen (secondary N) is 2. The molecule has 0 radical (unpaired) electrons. The van der Waals surface area contributed by atoms with Crippen molar-refractivity contribution in [2.45, 2.75) is 25.4 Å². The summed E-state index contributed by atoms with van der Waals surface area (Å²) in [6, 6.07) is 10.5. The highest BCUT2D eigenvalue weighted by Gasteiger charge is 2.21. The first kappa shape index (κ1) is 11.9. The molecule has 1 aromatic carbocycles. The van der Waals surface area contributed by atoms with E-state index in [1.54, 1.807) is 6.33 Å². The van der Waals surface area contributed by atoms with Crippen molar-refractivity contribution >= 4 is 17.3 Å². The fraction of sp³-hybridized carbons (Fsp3) is 0.286. The quantitative estimate of drug-likeness (QED) is 0.764. The van der Waals surface area contributed by atoms with Crippen molar-refractivity contribution < 1.29 is 0 Å². The van der Waals surface area contributed by atoms with Crippen LogP contribution in [0, 0.1) is 0 Å². The van der Waals surface area contributed by atoms with Crippen LogP contribution in [0.3, 0.4) is 0 Å². The molecule has 0 bridgehead atoms. The Labute approximate surface area is 112 Å². The Kier molecular flexibility index (Phi) is 3.29. The minimum atomic E-state index is 0.535. The number of hydrogen-bond acceptors (Lipinski definition) is 5. The van der Waals surface area contributed by atoms with Crippen LogP contribution in [0.25, 0.3) is 0 Å². The minimum absolute atomic E-state index is 0.535. The molecule has 1 fully saturated rings. The second-order valence-corrected chi connectivity index (χ2v) is 4.74. The van der Waals surface area contributed by atoms with Crippen LogP contribution in [-0.4, -0.2) is 16.0 Å². The van der Waals surface area contributed by atoms with Gasteiger partial charge in [-0.15, -0.1) is 0 Å². The molecule has 3 rings (SSSR count). The average Bonchev–Trinajstić information content (AvgIpc) is 3.23. The van der Waals surface area contributed by atoms with E-state index in [4.69, 9.17) is 5.73 Å². The van der Waals surface area contributed by atoms with Gasteiger partial charge in [0.2, 0.25) is 0 Å². The molecule has 0 atom stereocenters.